The fourth-order valence-corrected chi connectivity index (χ4v) is 2.98. The molecular weight excluding hydrogens is 328 g/mol. The molecule has 0 aliphatic heterocycles. The van der Waals surface area contributed by atoms with Gasteiger partial charge in [-0.05, 0) is 48.6 Å². The van der Waals surface area contributed by atoms with Crippen LogP contribution in [0, 0.1) is 11.8 Å². The number of ether oxygens (including phenoxy) is 1. The van der Waals surface area contributed by atoms with Gasteiger partial charge in [-0.25, -0.2) is 0 Å². The molecule has 1 aliphatic rings. The van der Waals surface area contributed by atoms with Gasteiger partial charge in [-0.3, -0.25) is 9.59 Å². The van der Waals surface area contributed by atoms with Crippen LogP contribution in [-0.4, -0.2) is 25.5 Å². The lowest BCUT2D eigenvalue weighted by Crippen LogP contribution is -2.26. The fourth-order valence-electron chi connectivity index (χ4n) is 2.98. The number of carbonyl (C=O) groups excluding carboxylic acids is 2. The van der Waals surface area contributed by atoms with Crippen molar-refractivity contribution in [1.82, 2.24) is 5.32 Å². The number of anilines is 1. The SMILES string of the molecule is COc1ccccc1CCNC(=O)c1cccc(NC(=O)[C@@H]2C[C@@H]2C)c1. The summed E-state index contributed by atoms with van der Waals surface area (Å²) < 4.78 is 5.32. The first kappa shape index (κ1) is 18.0. The maximum Gasteiger partial charge on any atom is 0.251 e. The molecule has 1 fully saturated rings. The van der Waals surface area contributed by atoms with Crippen molar-refractivity contribution < 1.29 is 14.3 Å². The van der Waals surface area contributed by atoms with Crippen molar-refractivity contribution in [1.29, 1.82) is 0 Å². The Bertz CT molecular complexity index is 803. The van der Waals surface area contributed by atoms with Crippen LogP contribution in [-0.2, 0) is 11.2 Å². The molecule has 2 aromatic carbocycles. The van der Waals surface area contributed by atoms with Gasteiger partial charge in [0.25, 0.3) is 5.91 Å². The zero-order valence-electron chi connectivity index (χ0n) is 15.1. The zero-order valence-corrected chi connectivity index (χ0v) is 15.1. The van der Waals surface area contributed by atoms with E-state index in [4.69, 9.17) is 4.74 Å². The molecule has 136 valence electrons. The summed E-state index contributed by atoms with van der Waals surface area (Å²) in [6.07, 6.45) is 1.63. The lowest BCUT2D eigenvalue weighted by atomic mass is 10.1. The second kappa shape index (κ2) is 8.04. The molecule has 0 aromatic heterocycles. The molecule has 5 nitrogen and oxygen atoms in total. The zero-order chi connectivity index (χ0) is 18.5. The van der Waals surface area contributed by atoms with Gasteiger partial charge in [0.2, 0.25) is 5.91 Å². The van der Waals surface area contributed by atoms with Gasteiger partial charge in [0, 0.05) is 23.7 Å². The highest BCUT2D eigenvalue weighted by atomic mass is 16.5. The van der Waals surface area contributed by atoms with Crippen molar-refractivity contribution in [2.75, 3.05) is 19.0 Å². The number of benzene rings is 2. The molecule has 2 aromatic rings. The Balaban J connectivity index is 1.54. The van der Waals surface area contributed by atoms with E-state index in [-0.39, 0.29) is 17.7 Å². The number of hydrogen-bond acceptors (Lipinski definition) is 3. The Labute approximate surface area is 153 Å². The Morgan fingerprint density at radius 1 is 1.15 bits per heavy atom. The Kier molecular flexibility index (Phi) is 5.56. The highest BCUT2D eigenvalue weighted by Crippen LogP contribution is 2.38. The highest BCUT2D eigenvalue weighted by molar-refractivity contribution is 5.98. The Hall–Kier alpha value is -2.82. The van der Waals surface area contributed by atoms with Crippen molar-refractivity contribution in [3.05, 3.63) is 59.7 Å². The predicted molar refractivity (Wildman–Crippen MR) is 101 cm³/mol. The Morgan fingerprint density at radius 2 is 1.92 bits per heavy atom. The standard InChI is InChI=1S/C21H24N2O3/c1-14-12-18(14)21(25)23-17-8-5-7-16(13-17)20(24)22-11-10-15-6-3-4-9-19(15)26-2/h3-9,13-14,18H,10-12H2,1-2H3,(H,22,24)(H,23,25)/t14-,18+/m0/s1. The molecule has 1 aliphatic carbocycles. The van der Waals surface area contributed by atoms with Crippen LogP contribution in [0.1, 0.15) is 29.3 Å². The van der Waals surface area contributed by atoms with E-state index in [0.29, 0.717) is 30.1 Å². The summed E-state index contributed by atoms with van der Waals surface area (Å²) in [6.45, 7) is 2.57. The largest absolute Gasteiger partial charge is 0.496 e. The minimum Gasteiger partial charge on any atom is -0.496 e. The first-order chi connectivity index (χ1) is 12.6. The molecule has 2 atom stereocenters. The molecule has 0 spiro atoms. The number of para-hydroxylation sites is 1. The monoisotopic (exact) mass is 352 g/mol. The van der Waals surface area contributed by atoms with Gasteiger partial charge in [0.15, 0.2) is 0 Å². The van der Waals surface area contributed by atoms with E-state index >= 15 is 0 Å². The van der Waals surface area contributed by atoms with Gasteiger partial charge in [0.05, 0.1) is 7.11 Å². The van der Waals surface area contributed by atoms with Gasteiger partial charge in [-0.1, -0.05) is 31.2 Å². The third-order valence-corrected chi connectivity index (χ3v) is 4.71. The van der Waals surface area contributed by atoms with Crippen LogP contribution < -0.4 is 15.4 Å². The number of carbonyl (C=O) groups is 2. The summed E-state index contributed by atoms with van der Waals surface area (Å²) in [5.41, 5.74) is 2.24. The average molecular weight is 352 g/mol. The second-order valence-electron chi connectivity index (χ2n) is 6.71. The lowest BCUT2D eigenvalue weighted by molar-refractivity contribution is -0.117. The number of methoxy groups -OCH3 is 1. The van der Waals surface area contributed by atoms with E-state index in [1.165, 1.54) is 0 Å². The normalized spacial score (nSPS) is 18.1. The molecule has 3 rings (SSSR count). The van der Waals surface area contributed by atoms with Crippen molar-refractivity contribution in [3.8, 4) is 5.75 Å². The van der Waals surface area contributed by atoms with Crippen LogP contribution in [0.2, 0.25) is 0 Å². The molecule has 0 bridgehead atoms. The van der Waals surface area contributed by atoms with E-state index in [0.717, 1.165) is 17.7 Å². The summed E-state index contributed by atoms with van der Waals surface area (Å²) in [6, 6.07) is 14.8. The van der Waals surface area contributed by atoms with Crippen LogP contribution in [0.3, 0.4) is 0 Å². The lowest BCUT2D eigenvalue weighted by Gasteiger charge is -2.10. The van der Waals surface area contributed by atoms with Crippen molar-refractivity contribution in [2.45, 2.75) is 19.8 Å². The van der Waals surface area contributed by atoms with Gasteiger partial charge in [-0.15, -0.1) is 0 Å². The number of rotatable bonds is 7. The summed E-state index contributed by atoms with van der Waals surface area (Å²) in [7, 11) is 1.64. The molecule has 5 heteroatoms. The second-order valence-corrected chi connectivity index (χ2v) is 6.71. The molecule has 26 heavy (non-hydrogen) atoms. The summed E-state index contributed by atoms with van der Waals surface area (Å²) in [5, 5.41) is 5.81. The molecule has 0 heterocycles. The minimum atomic E-state index is -0.157. The van der Waals surface area contributed by atoms with Gasteiger partial charge < -0.3 is 15.4 Å². The molecule has 0 saturated heterocycles. The average Bonchev–Trinajstić information content (AvgIpc) is 3.39. The summed E-state index contributed by atoms with van der Waals surface area (Å²) in [5.74, 6) is 1.26. The van der Waals surface area contributed by atoms with E-state index in [1.807, 2.05) is 24.3 Å². The third-order valence-electron chi connectivity index (χ3n) is 4.71. The van der Waals surface area contributed by atoms with Gasteiger partial charge >= 0.3 is 0 Å². The van der Waals surface area contributed by atoms with E-state index in [9.17, 15) is 9.59 Å². The maximum atomic E-state index is 12.4. The topological polar surface area (TPSA) is 67.4 Å². The summed E-state index contributed by atoms with van der Waals surface area (Å²) in [4.78, 5) is 24.4. The van der Waals surface area contributed by atoms with E-state index in [2.05, 4.69) is 17.6 Å². The highest BCUT2D eigenvalue weighted by Gasteiger charge is 2.39. The van der Waals surface area contributed by atoms with Crippen molar-refractivity contribution in [3.63, 3.8) is 0 Å². The molecule has 0 radical (unpaired) electrons. The van der Waals surface area contributed by atoms with E-state index < -0.39 is 0 Å². The molecule has 0 unspecified atom stereocenters. The first-order valence-corrected chi connectivity index (χ1v) is 8.89. The van der Waals surface area contributed by atoms with Crippen LogP contribution >= 0.6 is 0 Å². The quantitative estimate of drug-likeness (QED) is 0.804. The van der Waals surface area contributed by atoms with Crippen molar-refractivity contribution in [2.24, 2.45) is 11.8 Å². The smallest absolute Gasteiger partial charge is 0.251 e. The van der Waals surface area contributed by atoms with Gasteiger partial charge in [-0.2, -0.15) is 0 Å². The van der Waals surface area contributed by atoms with Crippen LogP contribution in [0.15, 0.2) is 48.5 Å². The fraction of sp³-hybridized carbons (Fsp3) is 0.333. The van der Waals surface area contributed by atoms with E-state index in [1.54, 1.807) is 31.4 Å². The molecule has 2 N–H and O–H groups in total. The molecule has 1 saturated carbocycles. The molecule has 2 amide bonds. The Morgan fingerprint density at radius 3 is 2.65 bits per heavy atom. The summed E-state index contributed by atoms with van der Waals surface area (Å²) >= 11 is 0. The van der Waals surface area contributed by atoms with Crippen LogP contribution in [0.5, 0.6) is 5.75 Å². The van der Waals surface area contributed by atoms with Gasteiger partial charge in [0.1, 0.15) is 5.75 Å². The third kappa shape index (κ3) is 4.42. The maximum absolute atomic E-state index is 12.4. The van der Waals surface area contributed by atoms with Crippen molar-refractivity contribution >= 4 is 17.5 Å². The first-order valence-electron chi connectivity index (χ1n) is 8.89. The molecular formula is C21H24N2O3. The predicted octanol–water partition coefficient (Wildman–Crippen LogP) is 3.26. The minimum absolute atomic E-state index is 0.0335. The number of nitrogens with one attached hydrogen (secondary N) is 2. The van der Waals surface area contributed by atoms with Crippen LogP contribution in [0.25, 0.3) is 0 Å². The van der Waals surface area contributed by atoms with Crippen LogP contribution in [0.4, 0.5) is 5.69 Å². The number of hydrogen-bond donors (Lipinski definition) is 2. The number of amides is 2.